The number of alkyl halides is 6. The lowest BCUT2D eigenvalue weighted by atomic mass is 10.0. The van der Waals surface area contributed by atoms with Crippen molar-refractivity contribution in [1.82, 2.24) is 35.0 Å². The molecule has 0 spiro atoms. The number of carbonyl (C=O) groups excluding carboxylic acids is 1. The first-order valence-corrected chi connectivity index (χ1v) is 11.5. The van der Waals surface area contributed by atoms with Crippen LogP contribution in [0.5, 0.6) is 5.75 Å². The number of rotatable bonds is 7. The topological polar surface area (TPSA) is 132 Å². The number of nitrogens with zero attached hydrogens (tertiary/aromatic N) is 7. The van der Waals surface area contributed by atoms with Gasteiger partial charge in [-0.05, 0) is 47.8 Å². The van der Waals surface area contributed by atoms with Gasteiger partial charge < -0.3 is 10.1 Å². The van der Waals surface area contributed by atoms with Crippen molar-refractivity contribution >= 4 is 21.8 Å². The van der Waals surface area contributed by atoms with Gasteiger partial charge in [-0.2, -0.15) is 36.3 Å². The normalized spacial score (nSPS) is 15.4. The van der Waals surface area contributed by atoms with Crippen LogP contribution in [0.4, 0.5) is 26.3 Å². The summed E-state index contributed by atoms with van der Waals surface area (Å²) in [6.45, 7) is -0.0722. The van der Waals surface area contributed by atoms with Crippen LogP contribution in [0.15, 0.2) is 29.3 Å². The van der Waals surface area contributed by atoms with Gasteiger partial charge in [0.25, 0.3) is 11.9 Å². The molecule has 3 aromatic rings. The lowest BCUT2D eigenvalue weighted by molar-refractivity contribution is -0.153. The predicted molar refractivity (Wildman–Crippen MR) is 118 cm³/mol. The molecule has 3 heterocycles. The van der Waals surface area contributed by atoms with Crippen molar-refractivity contribution in [1.29, 1.82) is 5.26 Å². The average molecular weight is 605 g/mol. The Morgan fingerprint density at radius 3 is 2.42 bits per heavy atom. The molecule has 0 radical (unpaired) electrons. The lowest BCUT2D eigenvalue weighted by Gasteiger charge is -2.16. The summed E-state index contributed by atoms with van der Waals surface area (Å²) in [5.41, 5.74) is -2.97. The Labute approximate surface area is 218 Å². The summed E-state index contributed by atoms with van der Waals surface area (Å²) in [5, 5.41) is 15.9. The van der Waals surface area contributed by atoms with E-state index in [0.717, 1.165) is 23.1 Å². The average Bonchev–Trinajstić information content (AvgIpc) is 3.56. The van der Waals surface area contributed by atoms with E-state index in [-0.39, 0.29) is 33.5 Å². The fraction of sp³-hybridized carbons (Fsp3) is 0.381. The molecule has 10 nitrogen and oxygen atoms in total. The molecule has 17 heteroatoms. The number of ether oxygens (including phenoxy) is 1. The van der Waals surface area contributed by atoms with Crippen molar-refractivity contribution in [2.75, 3.05) is 6.61 Å². The maximum absolute atomic E-state index is 13.4. The van der Waals surface area contributed by atoms with Gasteiger partial charge in [0, 0.05) is 5.56 Å². The summed E-state index contributed by atoms with van der Waals surface area (Å²) < 4.78 is 83.0. The van der Waals surface area contributed by atoms with Crippen LogP contribution >= 0.6 is 15.9 Å². The van der Waals surface area contributed by atoms with Gasteiger partial charge in [-0.1, -0.05) is 0 Å². The van der Waals surface area contributed by atoms with Gasteiger partial charge in [-0.3, -0.25) is 4.79 Å². The Bertz CT molecular complexity index is 1400. The molecular weight excluding hydrogens is 590 g/mol. The first-order chi connectivity index (χ1) is 17.7. The van der Waals surface area contributed by atoms with Gasteiger partial charge in [0.05, 0.1) is 35.6 Å². The molecule has 0 aliphatic heterocycles. The summed E-state index contributed by atoms with van der Waals surface area (Å²) in [5.74, 6) is -1.24. The van der Waals surface area contributed by atoms with Crippen LogP contribution in [-0.4, -0.2) is 48.4 Å². The number of nitriles is 1. The van der Waals surface area contributed by atoms with Crippen LogP contribution in [0, 0.1) is 11.3 Å². The molecule has 1 N–H and O–H groups in total. The molecule has 4 rings (SSSR count). The number of nitrogens with one attached hydrogen (secondary N) is 1. The highest BCUT2D eigenvalue weighted by Crippen LogP contribution is 2.47. The van der Waals surface area contributed by atoms with Gasteiger partial charge in [0.2, 0.25) is 4.73 Å². The van der Waals surface area contributed by atoms with Crippen LogP contribution in [0.1, 0.15) is 53.4 Å². The SMILES string of the molecule is CC(NC(=O)c1cc(C(F)(F)F)nc(C2(C#N)CC2)c1)c1nc(Br)nn1-c1ncc(OCC(F)(F)F)cn1. The van der Waals surface area contributed by atoms with E-state index >= 15 is 0 Å². The van der Waals surface area contributed by atoms with Gasteiger partial charge in [0.15, 0.2) is 18.2 Å². The molecule has 0 saturated heterocycles. The molecule has 0 bridgehead atoms. The highest BCUT2D eigenvalue weighted by molar-refractivity contribution is 9.10. The molecule has 1 fully saturated rings. The van der Waals surface area contributed by atoms with Gasteiger partial charge in [-0.25, -0.2) is 19.9 Å². The van der Waals surface area contributed by atoms with Crippen molar-refractivity contribution in [2.45, 2.75) is 43.6 Å². The first-order valence-electron chi connectivity index (χ1n) is 10.7. The lowest BCUT2D eigenvalue weighted by Crippen LogP contribution is -2.30. The Balaban J connectivity index is 1.57. The number of aromatic nitrogens is 6. The second-order valence-electron chi connectivity index (χ2n) is 8.29. The predicted octanol–water partition coefficient (Wildman–Crippen LogP) is 4.22. The van der Waals surface area contributed by atoms with Crippen LogP contribution in [-0.2, 0) is 11.6 Å². The largest absolute Gasteiger partial charge is 0.481 e. The quantitative estimate of drug-likeness (QED) is 0.397. The van der Waals surface area contributed by atoms with E-state index in [4.69, 9.17) is 0 Å². The zero-order valence-electron chi connectivity index (χ0n) is 19.1. The minimum Gasteiger partial charge on any atom is -0.481 e. The Kier molecular flexibility index (Phi) is 7.03. The standard InChI is InChI=1S/C21H15BrF6N8O2/c1-10(15-34-17(22)35-36(15)18-30-6-12(7-31-18)38-9-20(23,24)25)32-16(37)11-4-13(19(8-29)2-3-19)33-14(5-11)21(26,27)28/h4-7,10H,2-3,9H2,1H3,(H,32,37). The molecule has 3 aromatic heterocycles. The van der Waals surface area contributed by atoms with Crippen molar-refractivity contribution in [2.24, 2.45) is 0 Å². The summed E-state index contributed by atoms with van der Waals surface area (Å²) >= 11 is 3.07. The maximum atomic E-state index is 13.4. The van der Waals surface area contributed by atoms with Gasteiger partial charge >= 0.3 is 12.4 Å². The fourth-order valence-electron chi connectivity index (χ4n) is 3.33. The van der Waals surface area contributed by atoms with E-state index in [1.165, 1.54) is 6.92 Å². The minimum atomic E-state index is -4.85. The molecular formula is C21H15BrF6N8O2. The third kappa shape index (κ3) is 6.01. The number of hydrogen-bond acceptors (Lipinski definition) is 8. The minimum absolute atomic E-state index is 0.0462. The molecule has 1 amide bonds. The van der Waals surface area contributed by atoms with Crippen LogP contribution in [0.2, 0.25) is 0 Å². The molecule has 1 unspecified atom stereocenters. The smallest absolute Gasteiger partial charge is 0.433 e. The van der Waals surface area contributed by atoms with Crippen molar-refractivity contribution in [3.63, 3.8) is 0 Å². The molecule has 1 aliphatic rings. The van der Waals surface area contributed by atoms with E-state index < -0.39 is 42.0 Å². The zero-order valence-corrected chi connectivity index (χ0v) is 20.7. The van der Waals surface area contributed by atoms with Crippen molar-refractivity contribution in [3.8, 4) is 17.8 Å². The monoisotopic (exact) mass is 604 g/mol. The Morgan fingerprint density at radius 1 is 1.21 bits per heavy atom. The van der Waals surface area contributed by atoms with E-state index in [1.807, 2.05) is 6.07 Å². The second kappa shape index (κ2) is 9.82. The Morgan fingerprint density at radius 2 is 1.87 bits per heavy atom. The molecule has 200 valence electrons. The summed E-state index contributed by atoms with van der Waals surface area (Å²) in [7, 11) is 0. The third-order valence-electron chi connectivity index (χ3n) is 5.38. The third-order valence-corrected chi connectivity index (χ3v) is 5.72. The number of hydrogen-bond donors (Lipinski definition) is 1. The number of carbonyl (C=O) groups is 1. The zero-order chi connectivity index (χ0) is 27.9. The number of halogens is 7. The van der Waals surface area contributed by atoms with Crippen LogP contribution in [0.3, 0.4) is 0 Å². The first kappa shape index (κ1) is 27.2. The molecule has 38 heavy (non-hydrogen) atoms. The van der Waals surface area contributed by atoms with E-state index in [1.54, 1.807) is 0 Å². The van der Waals surface area contributed by atoms with E-state index in [9.17, 15) is 36.4 Å². The van der Waals surface area contributed by atoms with Crippen molar-refractivity contribution in [3.05, 3.63) is 52.0 Å². The highest BCUT2D eigenvalue weighted by Gasteiger charge is 2.48. The summed E-state index contributed by atoms with van der Waals surface area (Å²) in [6, 6.07) is 2.74. The second-order valence-corrected chi connectivity index (χ2v) is 9.00. The number of pyridine rings is 1. The summed E-state index contributed by atoms with van der Waals surface area (Å²) in [6.07, 6.45) is -6.78. The molecule has 1 aliphatic carbocycles. The number of amides is 1. The highest BCUT2D eigenvalue weighted by atomic mass is 79.9. The molecule has 1 atom stereocenters. The Hall–Kier alpha value is -3.81. The van der Waals surface area contributed by atoms with Crippen LogP contribution < -0.4 is 10.1 Å². The van der Waals surface area contributed by atoms with E-state index in [0.29, 0.717) is 18.9 Å². The van der Waals surface area contributed by atoms with Crippen LogP contribution in [0.25, 0.3) is 5.95 Å². The maximum Gasteiger partial charge on any atom is 0.433 e. The van der Waals surface area contributed by atoms with Gasteiger partial charge in [-0.15, -0.1) is 5.10 Å². The van der Waals surface area contributed by atoms with Gasteiger partial charge in [0.1, 0.15) is 5.69 Å². The fourth-order valence-corrected chi connectivity index (χ4v) is 3.67. The molecule has 1 saturated carbocycles. The van der Waals surface area contributed by atoms with E-state index in [2.05, 4.69) is 51.0 Å². The molecule has 0 aromatic carbocycles. The van der Waals surface area contributed by atoms with Crippen molar-refractivity contribution < 1.29 is 35.9 Å². The summed E-state index contributed by atoms with van der Waals surface area (Å²) in [4.78, 5) is 28.4.